The molecule has 2 fully saturated rings. The Hall–Kier alpha value is -0.0300. The van der Waals surface area contributed by atoms with Crippen molar-refractivity contribution in [3.05, 3.63) is 0 Å². The van der Waals surface area contributed by atoms with Gasteiger partial charge >= 0.3 is 0 Å². The zero-order valence-electron chi connectivity index (χ0n) is 14.3. The molecule has 2 atom stereocenters. The summed E-state index contributed by atoms with van der Waals surface area (Å²) in [6.45, 7) is 5.01. The summed E-state index contributed by atoms with van der Waals surface area (Å²) in [6, 6.07) is 0.339. The van der Waals surface area contributed by atoms with Gasteiger partial charge in [0.05, 0.1) is 0 Å². The van der Waals surface area contributed by atoms with Crippen LogP contribution in [0.4, 0.5) is 0 Å². The first-order valence-electron chi connectivity index (χ1n) is 8.02. The van der Waals surface area contributed by atoms with Gasteiger partial charge in [-0.25, -0.2) is 0 Å². The number of nitrogens with zero attached hydrogens (tertiary/aromatic N) is 1. The van der Waals surface area contributed by atoms with E-state index in [9.17, 15) is 4.79 Å². The summed E-state index contributed by atoms with van der Waals surface area (Å²) in [5, 5.41) is 3.16. The number of fused-ring (bicyclic) bond motifs is 2. The Morgan fingerprint density at radius 3 is 2.14 bits per heavy atom. The van der Waals surface area contributed by atoms with Gasteiger partial charge in [-0.05, 0) is 65.5 Å². The third-order valence-corrected chi connectivity index (χ3v) is 5.69. The van der Waals surface area contributed by atoms with Gasteiger partial charge in [0.15, 0.2) is 0 Å². The molecule has 2 unspecified atom stereocenters. The molecule has 132 valence electrons. The molecule has 2 saturated carbocycles. The van der Waals surface area contributed by atoms with Crippen LogP contribution in [0.2, 0.25) is 0 Å². The molecule has 0 aromatic heterocycles. The van der Waals surface area contributed by atoms with Crippen LogP contribution in [-0.4, -0.2) is 43.0 Å². The number of rotatable bonds is 4. The molecule has 0 aliphatic heterocycles. The fraction of sp³-hybridized carbons (Fsp3) is 0.938. The topological polar surface area (TPSA) is 58.4 Å². The standard InChI is InChI=1S/C16H31N3O.2ClH/c1-16(2,19(3)4)10-18-15(20)13-8-11-6-5-7-12(9-13)14(11)17;;/h11-14H,5-10,17H2,1-4H3,(H,18,20);2*1H. The zero-order valence-corrected chi connectivity index (χ0v) is 15.9. The van der Waals surface area contributed by atoms with Crippen molar-refractivity contribution in [3.8, 4) is 0 Å². The van der Waals surface area contributed by atoms with Crippen LogP contribution in [-0.2, 0) is 4.79 Å². The van der Waals surface area contributed by atoms with Crippen LogP contribution in [0.15, 0.2) is 0 Å². The molecule has 2 aliphatic rings. The van der Waals surface area contributed by atoms with Gasteiger partial charge in [0, 0.05) is 24.0 Å². The van der Waals surface area contributed by atoms with E-state index in [-0.39, 0.29) is 42.2 Å². The molecule has 3 N–H and O–H groups in total. The second-order valence-corrected chi connectivity index (χ2v) is 7.62. The van der Waals surface area contributed by atoms with Crippen LogP contribution in [0.1, 0.15) is 46.0 Å². The summed E-state index contributed by atoms with van der Waals surface area (Å²) >= 11 is 0. The van der Waals surface area contributed by atoms with Gasteiger partial charge in [0.2, 0.25) is 5.91 Å². The van der Waals surface area contributed by atoms with E-state index < -0.39 is 0 Å². The van der Waals surface area contributed by atoms with E-state index in [2.05, 4.69) is 38.2 Å². The third-order valence-electron chi connectivity index (χ3n) is 5.69. The van der Waals surface area contributed by atoms with Gasteiger partial charge in [-0.3, -0.25) is 4.79 Å². The van der Waals surface area contributed by atoms with Crippen molar-refractivity contribution in [1.29, 1.82) is 0 Å². The van der Waals surface area contributed by atoms with Gasteiger partial charge in [0.1, 0.15) is 0 Å². The third kappa shape index (κ3) is 4.98. The van der Waals surface area contributed by atoms with Gasteiger partial charge in [-0.2, -0.15) is 0 Å². The van der Waals surface area contributed by atoms with Crippen LogP contribution in [0.3, 0.4) is 0 Å². The van der Waals surface area contributed by atoms with E-state index in [1.165, 1.54) is 19.3 Å². The van der Waals surface area contributed by atoms with E-state index in [1.54, 1.807) is 0 Å². The second kappa shape index (κ2) is 8.72. The Balaban J connectivity index is 0.00000220. The molecule has 22 heavy (non-hydrogen) atoms. The smallest absolute Gasteiger partial charge is 0.223 e. The molecule has 6 heteroatoms. The van der Waals surface area contributed by atoms with Crippen molar-refractivity contribution in [1.82, 2.24) is 10.2 Å². The summed E-state index contributed by atoms with van der Waals surface area (Å²) in [5.41, 5.74) is 6.29. The van der Waals surface area contributed by atoms with Crippen molar-refractivity contribution < 1.29 is 4.79 Å². The number of carbonyl (C=O) groups is 1. The summed E-state index contributed by atoms with van der Waals surface area (Å²) in [6.07, 6.45) is 5.71. The Kier molecular flexibility index (Phi) is 8.71. The molecule has 0 saturated heterocycles. The van der Waals surface area contributed by atoms with E-state index in [4.69, 9.17) is 5.73 Å². The molecule has 2 aliphatic carbocycles. The highest BCUT2D eigenvalue weighted by molar-refractivity contribution is 5.85. The number of carbonyl (C=O) groups excluding carboxylic acids is 1. The minimum atomic E-state index is -0.00337. The van der Waals surface area contributed by atoms with Gasteiger partial charge in [-0.15, -0.1) is 24.8 Å². The highest BCUT2D eigenvalue weighted by Crippen LogP contribution is 2.41. The highest BCUT2D eigenvalue weighted by Gasteiger charge is 2.40. The largest absolute Gasteiger partial charge is 0.354 e. The number of amides is 1. The maximum atomic E-state index is 12.4. The van der Waals surface area contributed by atoms with Crippen molar-refractivity contribution >= 4 is 30.7 Å². The van der Waals surface area contributed by atoms with Gasteiger partial charge in [-0.1, -0.05) is 6.42 Å². The fourth-order valence-corrected chi connectivity index (χ4v) is 3.61. The molecular weight excluding hydrogens is 321 g/mol. The molecule has 0 radical (unpaired) electrons. The summed E-state index contributed by atoms with van der Waals surface area (Å²) in [5.74, 6) is 1.56. The molecule has 1 amide bonds. The van der Waals surface area contributed by atoms with Crippen LogP contribution in [0.5, 0.6) is 0 Å². The first-order chi connectivity index (χ1) is 9.31. The van der Waals surface area contributed by atoms with E-state index >= 15 is 0 Å². The summed E-state index contributed by atoms with van der Waals surface area (Å²) in [7, 11) is 4.10. The lowest BCUT2D eigenvalue weighted by Gasteiger charge is -2.43. The van der Waals surface area contributed by atoms with Crippen molar-refractivity contribution in [2.45, 2.75) is 57.5 Å². The Labute approximate surface area is 147 Å². The quantitative estimate of drug-likeness (QED) is 0.815. The Morgan fingerprint density at radius 2 is 1.68 bits per heavy atom. The minimum absolute atomic E-state index is 0. The van der Waals surface area contributed by atoms with Crippen molar-refractivity contribution in [2.75, 3.05) is 20.6 Å². The number of nitrogens with one attached hydrogen (secondary N) is 1. The molecule has 0 heterocycles. The second-order valence-electron chi connectivity index (χ2n) is 7.62. The highest BCUT2D eigenvalue weighted by atomic mass is 35.5. The molecule has 0 spiro atoms. The van der Waals surface area contributed by atoms with E-state index in [1.807, 2.05) is 0 Å². The number of hydrogen-bond acceptors (Lipinski definition) is 3. The number of hydrogen-bond donors (Lipinski definition) is 2. The molecule has 0 aromatic rings. The lowest BCUT2D eigenvalue weighted by molar-refractivity contribution is -0.128. The molecular formula is C16H33Cl2N3O. The Morgan fingerprint density at radius 1 is 1.18 bits per heavy atom. The molecule has 4 nitrogen and oxygen atoms in total. The monoisotopic (exact) mass is 353 g/mol. The molecule has 2 rings (SSSR count). The predicted molar refractivity (Wildman–Crippen MR) is 96.8 cm³/mol. The lowest BCUT2D eigenvalue weighted by atomic mass is 9.65. The number of halogens is 2. The predicted octanol–water partition coefficient (Wildman–Crippen LogP) is 2.44. The average molecular weight is 354 g/mol. The maximum Gasteiger partial charge on any atom is 0.223 e. The molecule has 2 bridgehead atoms. The van der Waals surface area contributed by atoms with Crippen LogP contribution >= 0.6 is 24.8 Å². The maximum absolute atomic E-state index is 12.4. The van der Waals surface area contributed by atoms with E-state index in [0.29, 0.717) is 24.4 Å². The molecule has 0 aromatic carbocycles. The number of nitrogens with two attached hydrogens (primary N) is 1. The SMILES string of the molecule is CN(C)C(C)(C)CNC(=O)C1CC2CCCC(C1)C2N.Cl.Cl. The fourth-order valence-electron chi connectivity index (χ4n) is 3.61. The van der Waals surface area contributed by atoms with Crippen LogP contribution in [0, 0.1) is 17.8 Å². The average Bonchev–Trinajstić information content (AvgIpc) is 2.35. The summed E-state index contributed by atoms with van der Waals surface area (Å²) in [4.78, 5) is 14.6. The zero-order chi connectivity index (χ0) is 14.9. The first-order valence-corrected chi connectivity index (χ1v) is 8.02. The van der Waals surface area contributed by atoms with E-state index in [0.717, 1.165) is 12.8 Å². The van der Waals surface area contributed by atoms with Crippen LogP contribution < -0.4 is 11.1 Å². The van der Waals surface area contributed by atoms with Crippen molar-refractivity contribution in [3.63, 3.8) is 0 Å². The lowest BCUT2D eigenvalue weighted by Crippen LogP contribution is -2.52. The van der Waals surface area contributed by atoms with Crippen LogP contribution in [0.25, 0.3) is 0 Å². The van der Waals surface area contributed by atoms with Crippen molar-refractivity contribution in [2.24, 2.45) is 23.5 Å². The minimum Gasteiger partial charge on any atom is -0.354 e. The summed E-state index contributed by atoms with van der Waals surface area (Å²) < 4.78 is 0. The Bertz CT molecular complexity index is 349. The van der Waals surface area contributed by atoms with Gasteiger partial charge in [0.25, 0.3) is 0 Å². The normalized spacial score (nSPS) is 31.0. The first kappa shape index (κ1) is 22.0. The van der Waals surface area contributed by atoms with Gasteiger partial charge < -0.3 is 16.0 Å². The number of likely N-dealkylation sites (N-methyl/N-ethyl adjacent to an activating group) is 1.